The number of halogens is 1. The third-order valence-electron chi connectivity index (χ3n) is 2.51. The number of aliphatic carboxylic acids is 1. The summed E-state index contributed by atoms with van der Waals surface area (Å²) in [5.74, 6) is -0.849. The van der Waals surface area contributed by atoms with Crippen LogP contribution in [0.1, 0.15) is 13.3 Å². The molecule has 0 radical (unpaired) electrons. The number of hydrogen-bond acceptors (Lipinski definition) is 3. The van der Waals surface area contributed by atoms with Crippen molar-refractivity contribution in [3.8, 4) is 0 Å². The van der Waals surface area contributed by atoms with E-state index in [9.17, 15) is 9.59 Å². The van der Waals surface area contributed by atoms with E-state index < -0.39 is 12.0 Å². The van der Waals surface area contributed by atoms with Crippen LogP contribution in [0.4, 0.5) is 0 Å². The van der Waals surface area contributed by atoms with Crippen LogP contribution >= 0.6 is 28.6 Å². The molecule has 1 N–H and O–H groups in total. The highest BCUT2D eigenvalue weighted by molar-refractivity contribution is 9.09. The molecule has 15 heavy (non-hydrogen) atoms. The molecule has 0 aliphatic carbocycles. The van der Waals surface area contributed by atoms with Crippen molar-refractivity contribution < 1.29 is 14.7 Å². The maximum atomic E-state index is 11.8. The number of carboxylic acids is 1. The number of rotatable bonds is 3. The van der Waals surface area contributed by atoms with Crippen molar-refractivity contribution >= 4 is 40.4 Å². The van der Waals surface area contributed by atoms with E-state index in [1.54, 1.807) is 6.92 Å². The normalized spacial score (nSPS) is 27.8. The lowest BCUT2D eigenvalue weighted by molar-refractivity contribution is -0.149. The van der Waals surface area contributed by atoms with Gasteiger partial charge in [-0.25, -0.2) is 4.79 Å². The van der Waals surface area contributed by atoms with E-state index in [1.807, 2.05) is 0 Å². The Morgan fingerprint density at radius 3 is 2.73 bits per heavy atom. The summed E-state index contributed by atoms with van der Waals surface area (Å²) in [6.07, 6.45) is 0.473. The number of thiol groups is 1. The van der Waals surface area contributed by atoms with Crippen molar-refractivity contribution in [3.05, 3.63) is 0 Å². The Kier molecular flexibility index (Phi) is 4.45. The summed E-state index contributed by atoms with van der Waals surface area (Å²) in [6.45, 7) is 2.23. The lowest BCUT2D eigenvalue weighted by Crippen LogP contribution is -2.43. The van der Waals surface area contributed by atoms with Gasteiger partial charge < -0.3 is 10.0 Å². The molecule has 0 saturated carbocycles. The van der Waals surface area contributed by atoms with Crippen LogP contribution in [-0.2, 0) is 9.59 Å². The molecule has 1 aliphatic heterocycles. The van der Waals surface area contributed by atoms with E-state index in [4.69, 9.17) is 5.11 Å². The van der Waals surface area contributed by atoms with Crippen LogP contribution in [-0.4, -0.2) is 45.0 Å². The SMILES string of the molecule is CC(CS)C(=O)N1C[C@H](Br)C[C@H]1C(=O)O. The molecule has 0 aromatic carbocycles. The maximum Gasteiger partial charge on any atom is 0.326 e. The monoisotopic (exact) mass is 295 g/mol. The van der Waals surface area contributed by atoms with Gasteiger partial charge in [0.25, 0.3) is 0 Å². The molecule has 1 amide bonds. The molecule has 6 heteroatoms. The predicted molar refractivity (Wildman–Crippen MR) is 63.5 cm³/mol. The van der Waals surface area contributed by atoms with Crippen molar-refractivity contribution in [1.82, 2.24) is 4.90 Å². The molecule has 1 saturated heterocycles. The zero-order valence-electron chi connectivity index (χ0n) is 8.39. The number of alkyl halides is 1. The lowest BCUT2D eigenvalue weighted by atomic mass is 10.1. The van der Waals surface area contributed by atoms with Gasteiger partial charge in [-0.1, -0.05) is 22.9 Å². The highest BCUT2D eigenvalue weighted by Crippen LogP contribution is 2.25. The maximum absolute atomic E-state index is 11.8. The summed E-state index contributed by atoms with van der Waals surface area (Å²) in [6, 6.07) is -0.691. The van der Waals surface area contributed by atoms with Gasteiger partial charge in [-0.3, -0.25) is 4.79 Å². The van der Waals surface area contributed by atoms with Gasteiger partial charge in [-0.2, -0.15) is 12.6 Å². The van der Waals surface area contributed by atoms with Gasteiger partial charge in [-0.15, -0.1) is 0 Å². The first kappa shape index (κ1) is 12.8. The summed E-state index contributed by atoms with van der Waals surface area (Å²) in [5.41, 5.74) is 0. The molecule has 1 fully saturated rings. The largest absolute Gasteiger partial charge is 0.480 e. The minimum Gasteiger partial charge on any atom is -0.480 e. The summed E-state index contributed by atoms with van der Waals surface area (Å²) in [7, 11) is 0. The number of carboxylic acid groups (broad SMARTS) is 1. The third kappa shape index (κ3) is 2.87. The van der Waals surface area contributed by atoms with E-state index in [0.717, 1.165) is 0 Å². The summed E-state index contributed by atoms with van der Waals surface area (Å²) in [4.78, 5) is 24.3. The second-order valence-electron chi connectivity index (χ2n) is 3.76. The average Bonchev–Trinajstić information content (AvgIpc) is 2.58. The fraction of sp³-hybridized carbons (Fsp3) is 0.778. The Labute approximate surface area is 103 Å². The van der Waals surface area contributed by atoms with Crippen molar-refractivity contribution in [2.45, 2.75) is 24.2 Å². The number of nitrogens with zero attached hydrogens (tertiary/aromatic N) is 1. The number of carbonyl (C=O) groups excluding carboxylic acids is 1. The molecule has 3 atom stereocenters. The number of likely N-dealkylation sites (tertiary alicyclic amines) is 1. The Bertz CT molecular complexity index is 274. The fourth-order valence-corrected chi connectivity index (χ4v) is 2.45. The highest BCUT2D eigenvalue weighted by Gasteiger charge is 2.39. The first-order chi connectivity index (χ1) is 6.97. The molecule has 1 aliphatic rings. The summed E-state index contributed by atoms with van der Waals surface area (Å²) in [5, 5.41) is 8.97. The van der Waals surface area contributed by atoms with Gasteiger partial charge in [0.2, 0.25) is 5.91 Å². The lowest BCUT2D eigenvalue weighted by Gasteiger charge is -2.24. The Morgan fingerprint density at radius 1 is 1.67 bits per heavy atom. The first-order valence-corrected chi connectivity index (χ1v) is 6.30. The zero-order chi connectivity index (χ0) is 11.6. The predicted octanol–water partition coefficient (Wildman–Crippen LogP) is 1.00. The molecular formula is C9H14BrNO3S. The Balaban J connectivity index is 2.75. The van der Waals surface area contributed by atoms with E-state index in [0.29, 0.717) is 18.7 Å². The number of hydrogen-bond donors (Lipinski definition) is 2. The van der Waals surface area contributed by atoms with Crippen LogP contribution in [0.3, 0.4) is 0 Å². The first-order valence-electron chi connectivity index (χ1n) is 4.75. The van der Waals surface area contributed by atoms with Gasteiger partial charge in [0.1, 0.15) is 6.04 Å². The summed E-state index contributed by atoms with van der Waals surface area (Å²) >= 11 is 7.40. The third-order valence-corrected chi connectivity index (χ3v) is 3.72. The molecule has 0 bridgehead atoms. The Hall–Kier alpha value is -0.230. The van der Waals surface area contributed by atoms with Gasteiger partial charge in [0.15, 0.2) is 0 Å². The molecule has 86 valence electrons. The van der Waals surface area contributed by atoms with Crippen LogP contribution in [0.5, 0.6) is 0 Å². The molecule has 0 aromatic rings. The minimum absolute atomic E-state index is 0.0784. The van der Waals surface area contributed by atoms with Crippen molar-refractivity contribution in [2.24, 2.45) is 5.92 Å². The number of amides is 1. The second kappa shape index (κ2) is 5.21. The van der Waals surface area contributed by atoms with Crippen molar-refractivity contribution in [3.63, 3.8) is 0 Å². The van der Waals surface area contributed by atoms with Gasteiger partial charge in [0.05, 0.1) is 0 Å². The van der Waals surface area contributed by atoms with E-state index in [2.05, 4.69) is 28.6 Å². The van der Waals surface area contributed by atoms with E-state index >= 15 is 0 Å². The van der Waals surface area contributed by atoms with Crippen LogP contribution < -0.4 is 0 Å². The van der Waals surface area contributed by atoms with Crippen LogP contribution in [0.2, 0.25) is 0 Å². The molecule has 1 heterocycles. The van der Waals surface area contributed by atoms with Crippen molar-refractivity contribution in [2.75, 3.05) is 12.3 Å². The van der Waals surface area contributed by atoms with E-state index in [-0.39, 0.29) is 16.7 Å². The van der Waals surface area contributed by atoms with Gasteiger partial charge >= 0.3 is 5.97 Å². The van der Waals surface area contributed by atoms with Gasteiger partial charge in [-0.05, 0) is 6.42 Å². The van der Waals surface area contributed by atoms with Gasteiger partial charge in [0, 0.05) is 23.0 Å². The molecule has 0 spiro atoms. The molecule has 1 unspecified atom stereocenters. The standard InChI is InChI=1S/C9H14BrNO3S/c1-5(4-15)8(12)11-3-6(10)2-7(11)9(13)14/h5-7,15H,2-4H2,1H3,(H,13,14)/t5?,6-,7+/m1/s1. The smallest absolute Gasteiger partial charge is 0.326 e. The van der Waals surface area contributed by atoms with Crippen LogP contribution in [0, 0.1) is 5.92 Å². The number of carbonyl (C=O) groups is 2. The van der Waals surface area contributed by atoms with Crippen LogP contribution in [0.25, 0.3) is 0 Å². The van der Waals surface area contributed by atoms with Crippen molar-refractivity contribution in [1.29, 1.82) is 0 Å². The highest BCUT2D eigenvalue weighted by atomic mass is 79.9. The quantitative estimate of drug-likeness (QED) is 0.603. The molecule has 0 aromatic heterocycles. The zero-order valence-corrected chi connectivity index (χ0v) is 10.9. The molecule has 1 rings (SSSR count). The minimum atomic E-state index is -0.934. The fourth-order valence-electron chi connectivity index (χ4n) is 1.62. The second-order valence-corrected chi connectivity index (χ2v) is 5.42. The summed E-state index contributed by atoms with van der Waals surface area (Å²) < 4.78 is 0. The topological polar surface area (TPSA) is 57.6 Å². The molecular weight excluding hydrogens is 282 g/mol. The Morgan fingerprint density at radius 2 is 2.27 bits per heavy atom. The molecule has 4 nitrogen and oxygen atoms in total. The van der Waals surface area contributed by atoms with Crippen LogP contribution in [0.15, 0.2) is 0 Å². The van der Waals surface area contributed by atoms with E-state index in [1.165, 1.54) is 4.90 Å². The average molecular weight is 296 g/mol.